The summed E-state index contributed by atoms with van der Waals surface area (Å²) in [5.41, 5.74) is 0.425. The Kier molecular flexibility index (Phi) is 4.46. The van der Waals surface area contributed by atoms with Crippen molar-refractivity contribution in [1.82, 2.24) is 0 Å². The summed E-state index contributed by atoms with van der Waals surface area (Å²) < 4.78 is 0. The maximum atomic E-state index is 11.1. The highest BCUT2D eigenvalue weighted by Gasteiger charge is 2.15. The molecule has 4 N–H and O–H groups in total. The van der Waals surface area contributed by atoms with Crippen molar-refractivity contribution in [3.8, 4) is 5.75 Å². The molecule has 0 bridgehead atoms. The van der Waals surface area contributed by atoms with E-state index < -0.39 is 5.91 Å². The Balaban J connectivity index is 3.26. The fraction of sp³-hybridized carbons (Fsp3) is 0.250. The second-order valence-corrected chi connectivity index (χ2v) is 3.93. The van der Waals surface area contributed by atoms with Crippen LogP contribution in [0.25, 0.3) is 0 Å². The molecule has 7 nitrogen and oxygen atoms in total. The Labute approximate surface area is 110 Å². The molecule has 7 heteroatoms. The first-order valence-electron chi connectivity index (χ1n) is 5.50. The van der Waals surface area contributed by atoms with Gasteiger partial charge in [-0.3, -0.25) is 14.4 Å². The molecule has 0 saturated heterocycles. The number of benzene rings is 1. The van der Waals surface area contributed by atoms with Gasteiger partial charge in [0.25, 0.3) is 0 Å². The van der Waals surface area contributed by atoms with Crippen molar-refractivity contribution in [3.05, 3.63) is 12.1 Å². The minimum Gasteiger partial charge on any atom is -0.504 e. The maximum Gasteiger partial charge on any atom is 0.221 e. The molecular weight excluding hydrogens is 250 g/mol. The van der Waals surface area contributed by atoms with E-state index in [2.05, 4.69) is 16.0 Å². The molecule has 1 rings (SSSR count). The number of phenols is 1. The van der Waals surface area contributed by atoms with Crippen LogP contribution in [0, 0.1) is 0 Å². The average molecular weight is 265 g/mol. The number of phenolic OH excluding ortho intramolecular Hbond substituents is 1. The maximum absolute atomic E-state index is 11.1. The van der Waals surface area contributed by atoms with E-state index in [1.807, 2.05) is 0 Å². The summed E-state index contributed by atoms with van der Waals surface area (Å²) in [5, 5.41) is 17.3. The Morgan fingerprint density at radius 3 is 1.74 bits per heavy atom. The molecular formula is C12H15N3O4. The standard InChI is InChI=1S/C12H15N3O4/c1-6(16)13-9-4-5-10(14-7(2)17)12(19)11(9)15-8(3)18/h4-5,19H,1-3H3,(H,13,16)(H,14,17)(H,15,18). The van der Waals surface area contributed by atoms with E-state index in [4.69, 9.17) is 0 Å². The molecule has 1 aromatic carbocycles. The molecule has 0 atom stereocenters. The van der Waals surface area contributed by atoms with E-state index in [-0.39, 0.29) is 34.6 Å². The Morgan fingerprint density at radius 1 is 0.842 bits per heavy atom. The van der Waals surface area contributed by atoms with Gasteiger partial charge in [0.05, 0.1) is 11.4 Å². The number of carbonyl (C=O) groups excluding carboxylic acids is 3. The van der Waals surface area contributed by atoms with Gasteiger partial charge in [-0.25, -0.2) is 0 Å². The second kappa shape index (κ2) is 5.85. The highest BCUT2D eigenvalue weighted by atomic mass is 16.3. The molecule has 0 saturated carbocycles. The van der Waals surface area contributed by atoms with Crippen LogP contribution in [0.5, 0.6) is 5.75 Å². The third-order valence-electron chi connectivity index (χ3n) is 2.10. The van der Waals surface area contributed by atoms with Crippen LogP contribution in [0.1, 0.15) is 20.8 Å². The summed E-state index contributed by atoms with van der Waals surface area (Å²) in [5.74, 6) is -1.45. The summed E-state index contributed by atoms with van der Waals surface area (Å²) in [6.07, 6.45) is 0. The highest BCUT2D eigenvalue weighted by molar-refractivity contribution is 6.03. The number of anilines is 3. The predicted octanol–water partition coefficient (Wildman–Crippen LogP) is 1.27. The number of nitrogens with one attached hydrogen (secondary N) is 3. The number of amides is 3. The predicted molar refractivity (Wildman–Crippen MR) is 71.0 cm³/mol. The first-order chi connectivity index (χ1) is 8.81. The molecule has 102 valence electrons. The van der Waals surface area contributed by atoms with E-state index in [0.717, 1.165) is 0 Å². The zero-order valence-electron chi connectivity index (χ0n) is 10.8. The van der Waals surface area contributed by atoms with Gasteiger partial charge in [0, 0.05) is 20.8 Å². The van der Waals surface area contributed by atoms with Crippen LogP contribution >= 0.6 is 0 Å². The quantitative estimate of drug-likeness (QED) is 0.617. The largest absolute Gasteiger partial charge is 0.504 e. The molecule has 0 radical (unpaired) electrons. The van der Waals surface area contributed by atoms with Crippen molar-refractivity contribution in [2.75, 3.05) is 16.0 Å². The number of rotatable bonds is 3. The Morgan fingerprint density at radius 2 is 1.26 bits per heavy atom. The lowest BCUT2D eigenvalue weighted by atomic mass is 10.2. The second-order valence-electron chi connectivity index (χ2n) is 3.93. The van der Waals surface area contributed by atoms with Crippen LogP contribution in [0.15, 0.2) is 12.1 Å². The van der Waals surface area contributed by atoms with Crippen LogP contribution in [-0.4, -0.2) is 22.8 Å². The number of hydrogen-bond donors (Lipinski definition) is 4. The van der Waals surface area contributed by atoms with Gasteiger partial charge in [-0.1, -0.05) is 0 Å². The summed E-state index contributed by atoms with van der Waals surface area (Å²) in [6, 6.07) is 2.89. The fourth-order valence-electron chi connectivity index (χ4n) is 1.48. The molecule has 19 heavy (non-hydrogen) atoms. The lowest BCUT2D eigenvalue weighted by Crippen LogP contribution is -2.14. The van der Waals surface area contributed by atoms with E-state index >= 15 is 0 Å². The number of aromatic hydroxyl groups is 1. The topological polar surface area (TPSA) is 108 Å². The minimum atomic E-state index is -0.415. The molecule has 0 heterocycles. The van der Waals surface area contributed by atoms with Crippen LogP contribution in [0.2, 0.25) is 0 Å². The van der Waals surface area contributed by atoms with Crippen molar-refractivity contribution in [1.29, 1.82) is 0 Å². The molecule has 0 aliphatic heterocycles. The van der Waals surface area contributed by atoms with Crippen molar-refractivity contribution < 1.29 is 19.5 Å². The molecule has 0 spiro atoms. The van der Waals surface area contributed by atoms with Gasteiger partial charge in [-0.2, -0.15) is 0 Å². The van der Waals surface area contributed by atoms with E-state index in [1.54, 1.807) is 0 Å². The monoisotopic (exact) mass is 265 g/mol. The molecule has 0 aliphatic carbocycles. The van der Waals surface area contributed by atoms with Gasteiger partial charge in [0.1, 0.15) is 5.69 Å². The third-order valence-corrected chi connectivity index (χ3v) is 2.10. The summed E-state index contributed by atoms with van der Waals surface area (Å²) >= 11 is 0. The Bertz CT molecular complexity index is 540. The van der Waals surface area contributed by atoms with Gasteiger partial charge < -0.3 is 21.1 Å². The van der Waals surface area contributed by atoms with Crippen LogP contribution in [-0.2, 0) is 14.4 Å². The highest BCUT2D eigenvalue weighted by Crippen LogP contribution is 2.38. The Hall–Kier alpha value is -2.57. The summed E-state index contributed by atoms with van der Waals surface area (Å²) in [7, 11) is 0. The van der Waals surface area contributed by atoms with Crippen molar-refractivity contribution in [2.45, 2.75) is 20.8 Å². The van der Waals surface area contributed by atoms with E-state index in [0.29, 0.717) is 0 Å². The smallest absolute Gasteiger partial charge is 0.221 e. The van der Waals surface area contributed by atoms with Crippen molar-refractivity contribution in [2.24, 2.45) is 0 Å². The normalized spacial score (nSPS) is 9.63. The summed E-state index contributed by atoms with van der Waals surface area (Å²) in [4.78, 5) is 33.1. The lowest BCUT2D eigenvalue weighted by molar-refractivity contribution is -0.115. The van der Waals surface area contributed by atoms with Crippen molar-refractivity contribution in [3.63, 3.8) is 0 Å². The average Bonchev–Trinajstić information content (AvgIpc) is 2.26. The van der Waals surface area contributed by atoms with Crippen molar-refractivity contribution >= 4 is 34.8 Å². The van der Waals surface area contributed by atoms with Gasteiger partial charge in [0.15, 0.2) is 5.75 Å². The van der Waals surface area contributed by atoms with Gasteiger partial charge in [-0.15, -0.1) is 0 Å². The van der Waals surface area contributed by atoms with Gasteiger partial charge in [-0.05, 0) is 12.1 Å². The molecule has 1 aromatic rings. The fourth-order valence-corrected chi connectivity index (χ4v) is 1.48. The number of carbonyl (C=O) groups is 3. The SMILES string of the molecule is CC(=O)Nc1ccc(NC(C)=O)c(NC(C)=O)c1O. The van der Waals surface area contributed by atoms with Gasteiger partial charge in [0.2, 0.25) is 17.7 Å². The van der Waals surface area contributed by atoms with Gasteiger partial charge >= 0.3 is 0 Å². The summed E-state index contributed by atoms with van der Waals surface area (Å²) in [6.45, 7) is 3.86. The van der Waals surface area contributed by atoms with E-state index in [1.165, 1.54) is 32.9 Å². The van der Waals surface area contributed by atoms with Crippen LogP contribution < -0.4 is 16.0 Å². The minimum absolute atomic E-state index is 0.0361. The number of hydrogen-bond acceptors (Lipinski definition) is 4. The molecule has 3 amide bonds. The molecule has 0 aliphatic rings. The zero-order valence-corrected chi connectivity index (χ0v) is 10.8. The van der Waals surface area contributed by atoms with Crippen LogP contribution in [0.4, 0.5) is 17.1 Å². The molecule has 0 aromatic heterocycles. The lowest BCUT2D eigenvalue weighted by Gasteiger charge is -2.15. The molecule has 0 unspecified atom stereocenters. The van der Waals surface area contributed by atoms with Crippen LogP contribution in [0.3, 0.4) is 0 Å². The first-order valence-corrected chi connectivity index (χ1v) is 5.50. The third kappa shape index (κ3) is 3.98. The van der Waals surface area contributed by atoms with E-state index in [9.17, 15) is 19.5 Å². The molecule has 0 fully saturated rings. The first kappa shape index (κ1) is 14.5. The zero-order chi connectivity index (χ0) is 14.6.